The Hall–Kier alpha value is -2.61. The number of nitrogens with zero attached hydrogens (tertiary/aromatic N) is 1. The van der Waals surface area contributed by atoms with Gasteiger partial charge in [0.05, 0.1) is 16.8 Å². The summed E-state index contributed by atoms with van der Waals surface area (Å²) in [4.78, 5) is 0.0412. The summed E-state index contributed by atoms with van der Waals surface area (Å²) in [5, 5.41) is 9.80. The molecule has 26 heavy (non-hydrogen) atoms. The molecule has 0 aliphatic rings. The number of benzene rings is 2. The molecule has 0 atom stereocenters. The van der Waals surface area contributed by atoms with E-state index in [2.05, 4.69) is 10.5 Å². The van der Waals surface area contributed by atoms with Crippen molar-refractivity contribution in [2.24, 2.45) is 10.2 Å². The summed E-state index contributed by atoms with van der Waals surface area (Å²) < 4.78 is 28.1. The second-order valence-corrected chi connectivity index (χ2v) is 7.57. The number of rotatable bonds is 5. The van der Waals surface area contributed by atoms with E-state index in [1.165, 1.54) is 18.3 Å². The van der Waals surface area contributed by atoms with Crippen LogP contribution in [-0.2, 0) is 10.0 Å². The van der Waals surface area contributed by atoms with Gasteiger partial charge >= 0.3 is 0 Å². The Balaban J connectivity index is 1.68. The summed E-state index contributed by atoms with van der Waals surface area (Å²) in [6, 6.07) is 15.3. The van der Waals surface area contributed by atoms with Crippen molar-refractivity contribution in [3.05, 3.63) is 70.9 Å². The molecular formula is C18H16ClN3O3S. The van der Waals surface area contributed by atoms with Gasteiger partial charge in [0, 0.05) is 10.6 Å². The zero-order valence-corrected chi connectivity index (χ0v) is 15.4. The van der Waals surface area contributed by atoms with Crippen molar-refractivity contribution in [3.63, 3.8) is 0 Å². The number of anilines is 1. The van der Waals surface area contributed by atoms with Crippen molar-refractivity contribution >= 4 is 33.5 Å². The fourth-order valence-electron chi connectivity index (χ4n) is 2.21. The Bertz CT molecular complexity index is 1060. The van der Waals surface area contributed by atoms with Crippen molar-refractivity contribution in [2.45, 2.75) is 11.8 Å². The zero-order valence-electron chi connectivity index (χ0n) is 13.8. The lowest BCUT2D eigenvalue weighted by atomic mass is 10.1. The number of aryl methyl sites for hydroxylation is 1. The van der Waals surface area contributed by atoms with Crippen LogP contribution in [0.4, 0.5) is 5.69 Å². The lowest BCUT2D eigenvalue weighted by molar-refractivity contribution is 0.575. The average molecular weight is 390 g/mol. The van der Waals surface area contributed by atoms with E-state index in [0.29, 0.717) is 22.2 Å². The number of nitrogens with two attached hydrogens (primary N) is 1. The topological polar surface area (TPSA) is 97.7 Å². The van der Waals surface area contributed by atoms with Crippen LogP contribution in [-0.4, -0.2) is 14.6 Å². The third-order valence-electron chi connectivity index (χ3n) is 3.65. The summed E-state index contributed by atoms with van der Waals surface area (Å²) >= 11 is 6.14. The number of sulfonamides is 1. The first-order valence-electron chi connectivity index (χ1n) is 7.61. The molecule has 0 saturated heterocycles. The van der Waals surface area contributed by atoms with Crippen LogP contribution in [0.1, 0.15) is 11.3 Å². The summed E-state index contributed by atoms with van der Waals surface area (Å²) in [5.41, 5.74) is 5.29. The smallest absolute Gasteiger partial charge is 0.238 e. The Kier molecular flexibility index (Phi) is 5.13. The molecular weight excluding hydrogens is 374 g/mol. The van der Waals surface area contributed by atoms with Crippen LogP contribution >= 0.6 is 11.6 Å². The molecule has 3 N–H and O–H groups in total. The van der Waals surface area contributed by atoms with Crippen molar-refractivity contribution in [2.75, 3.05) is 5.43 Å². The first-order chi connectivity index (χ1) is 12.3. The zero-order chi connectivity index (χ0) is 18.7. The minimum atomic E-state index is -3.70. The molecule has 0 fully saturated rings. The largest absolute Gasteiger partial charge is 0.455 e. The van der Waals surface area contributed by atoms with E-state index in [0.717, 1.165) is 11.1 Å². The summed E-state index contributed by atoms with van der Waals surface area (Å²) in [5.74, 6) is 1.25. The highest BCUT2D eigenvalue weighted by Gasteiger charge is 2.07. The molecule has 0 spiro atoms. The molecule has 0 unspecified atom stereocenters. The lowest BCUT2D eigenvalue weighted by Crippen LogP contribution is -2.11. The lowest BCUT2D eigenvalue weighted by Gasteiger charge is -2.02. The van der Waals surface area contributed by atoms with Crippen LogP contribution in [0.3, 0.4) is 0 Å². The molecule has 8 heteroatoms. The number of hydrogen-bond acceptors (Lipinski definition) is 5. The van der Waals surface area contributed by atoms with Crippen molar-refractivity contribution in [1.82, 2.24) is 0 Å². The average Bonchev–Trinajstić information content (AvgIpc) is 3.06. The molecule has 0 amide bonds. The van der Waals surface area contributed by atoms with Gasteiger partial charge in [-0.15, -0.1) is 0 Å². The van der Waals surface area contributed by atoms with E-state index in [-0.39, 0.29) is 4.90 Å². The molecule has 2 aromatic carbocycles. The maximum Gasteiger partial charge on any atom is 0.238 e. The third-order valence-corrected chi connectivity index (χ3v) is 4.99. The van der Waals surface area contributed by atoms with Gasteiger partial charge in [-0.05, 0) is 55.0 Å². The van der Waals surface area contributed by atoms with Gasteiger partial charge in [-0.3, -0.25) is 5.43 Å². The molecule has 3 rings (SSSR count). The number of furan rings is 1. The summed E-state index contributed by atoms with van der Waals surface area (Å²) in [6.45, 7) is 1.94. The number of hydrazone groups is 1. The van der Waals surface area contributed by atoms with Crippen molar-refractivity contribution < 1.29 is 12.8 Å². The number of hydrogen-bond donors (Lipinski definition) is 2. The fraction of sp³-hybridized carbons (Fsp3) is 0.0556. The van der Waals surface area contributed by atoms with Crippen molar-refractivity contribution in [1.29, 1.82) is 0 Å². The molecule has 134 valence electrons. The minimum absolute atomic E-state index is 0.0412. The van der Waals surface area contributed by atoms with Gasteiger partial charge < -0.3 is 4.42 Å². The van der Waals surface area contributed by atoms with Crippen LogP contribution in [0.2, 0.25) is 5.02 Å². The molecule has 1 aromatic heterocycles. The standard InChI is InChI=1S/C18H16ClN3O3S/c1-12-2-3-13(10-17(12)19)18-9-6-15(25-18)11-21-22-14-4-7-16(8-5-14)26(20,23)24/h2-11,22H,1H3,(H2,20,23,24). The van der Waals surface area contributed by atoms with Gasteiger partial charge in [0.1, 0.15) is 11.5 Å². The highest BCUT2D eigenvalue weighted by Crippen LogP contribution is 2.26. The van der Waals surface area contributed by atoms with Gasteiger partial charge in [0.15, 0.2) is 0 Å². The normalized spacial score (nSPS) is 11.8. The SMILES string of the molecule is Cc1ccc(-c2ccc(C=NNc3ccc(S(N)(=O)=O)cc3)o2)cc1Cl. The highest BCUT2D eigenvalue weighted by molar-refractivity contribution is 7.89. The first kappa shape index (κ1) is 18.2. The molecule has 6 nitrogen and oxygen atoms in total. The van der Waals surface area contributed by atoms with Gasteiger partial charge in [0.25, 0.3) is 0 Å². The molecule has 0 saturated carbocycles. The van der Waals surface area contributed by atoms with Gasteiger partial charge in [-0.2, -0.15) is 5.10 Å². The van der Waals surface area contributed by atoms with Gasteiger partial charge in [0.2, 0.25) is 10.0 Å². The van der Waals surface area contributed by atoms with Crippen LogP contribution in [0.5, 0.6) is 0 Å². The maximum atomic E-state index is 11.2. The van der Waals surface area contributed by atoms with Crippen LogP contribution < -0.4 is 10.6 Å². The van der Waals surface area contributed by atoms with E-state index in [1.807, 2.05) is 31.2 Å². The highest BCUT2D eigenvalue weighted by atomic mass is 35.5. The monoisotopic (exact) mass is 389 g/mol. The van der Waals surface area contributed by atoms with Crippen LogP contribution in [0.15, 0.2) is 69.0 Å². The molecule has 0 bridgehead atoms. The number of nitrogens with one attached hydrogen (secondary N) is 1. The van der Waals surface area contributed by atoms with Crippen LogP contribution in [0, 0.1) is 6.92 Å². The Labute approximate surface area is 156 Å². The molecule has 3 aromatic rings. The number of primary sulfonamides is 1. The summed E-state index contributed by atoms with van der Waals surface area (Å²) in [6.07, 6.45) is 1.52. The van der Waals surface area contributed by atoms with E-state index in [4.69, 9.17) is 21.2 Å². The van der Waals surface area contributed by atoms with E-state index < -0.39 is 10.0 Å². The molecule has 0 aliphatic carbocycles. The number of halogens is 1. The van der Waals surface area contributed by atoms with Crippen molar-refractivity contribution in [3.8, 4) is 11.3 Å². The fourth-order valence-corrected chi connectivity index (χ4v) is 2.91. The second-order valence-electron chi connectivity index (χ2n) is 5.61. The van der Waals surface area contributed by atoms with Gasteiger partial charge in [-0.25, -0.2) is 13.6 Å². The summed E-state index contributed by atoms with van der Waals surface area (Å²) in [7, 11) is -3.70. The van der Waals surface area contributed by atoms with Gasteiger partial charge in [-0.1, -0.05) is 23.7 Å². The quantitative estimate of drug-likeness (QED) is 0.509. The Morgan fingerprint density at radius 1 is 1.12 bits per heavy atom. The Morgan fingerprint density at radius 2 is 1.85 bits per heavy atom. The van der Waals surface area contributed by atoms with E-state index in [9.17, 15) is 8.42 Å². The predicted molar refractivity (Wildman–Crippen MR) is 103 cm³/mol. The third kappa shape index (κ3) is 4.32. The second kappa shape index (κ2) is 7.33. The van der Waals surface area contributed by atoms with Crippen LogP contribution in [0.25, 0.3) is 11.3 Å². The maximum absolute atomic E-state index is 11.2. The molecule has 0 aliphatic heterocycles. The van der Waals surface area contributed by atoms with E-state index in [1.54, 1.807) is 18.2 Å². The predicted octanol–water partition coefficient (Wildman–Crippen LogP) is 4.00. The van der Waals surface area contributed by atoms with E-state index >= 15 is 0 Å². The Morgan fingerprint density at radius 3 is 2.50 bits per heavy atom. The minimum Gasteiger partial charge on any atom is -0.455 e. The molecule has 1 heterocycles. The first-order valence-corrected chi connectivity index (χ1v) is 9.54. The molecule has 0 radical (unpaired) electrons.